The average Bonchev–Trinajstić information content (AvgIpc) is 1.88. The molecule has 0 bridgehead atoms. The maximum atomic E-state index is 10.6. The number of hydrogen-bond donors (Lipinski definition) is 1. The summed E-state index contributed by atoms with van der Waals surface area (Å²) in [4.78, 5) is 10.6. The first-order valence-corrected chi connectivity index (χ1v) is 3.80. The van der Waals surface area contributed by atoms with Crippen molar-refractivity contribution in [1.82, 2.24) is 0 Å². The summed E-state index contributed by atoms with van der Waals surface area (Å²) in [6, 6.07) is 0. The van der Waals surface area contributed by atoms with Crippen LogP contribution in [0, 0.1) is 5.89 Å². The van der Waals surface area contributed by atoms with Crippen LogP contribution in [-0.2, 0) is 4.79 Å². The van der Waals surface area contributed by atoms with Gasteiger partial charge in [0.1, 0.15) is 0 Å². The van der Waals surface area contributed by atoms with Crippen molar-refractivity contribution in [3.05, 3.63) is 0 Å². The summed E-state index contributed by atoms with van der Waals surface area (Å²) < 4.78 is 7.58. The molecule has 0 saturated carbocycles. The Labute approximate surface area is 63.7 Å². The maximum Gasteiger partial charge on any atom is 0.306 e. The zero-order valence-corrected chi connectivity index (χ0v) is 6.68. The molecule has 0 aliphatic carbocycles. The Bertz CT molecular complexity index is 128. The van der Waals surface area contributed by atoms with Crippen LogP contribution in [0.25, 0.3) is 0 Å². The van der Waals surface area contributed by atoms with E-state index in [1.807, 2.05) is 13.8 Å². The third-order valence-corrected chi connectivity index (χ3v) is 1.41. The predicted octanol–water partition coefficient (Wildman–Crippen LogP) is 2.29. The Balaban J connectivity index is 4.13. The first kappa shape index (κ1) is 7.58. The Hall–Kier alpha value is -0.530. The summed E-state index contributed by atoms with van der Waals surface area (Å²) >= 11 is 0. The molecule has 60 valence electrons. The molecule has 0 spiro atoms. The third-order valence-electron chi connectivity index (χ3n) is 1.41. The van der Waals surface area contributed by atoms with Gasteiger partial charge in [0, 0.05) is 1.37 Å². The number of carbonyl (C=O) groups is 1. The summed E-state index contributed by atoms with van der Waals surface area (Å²) in [6.07, 6.45) is 2.43. The first-order chi connectivity index (χ1) is 5.06. The molecule has 0 aromatic heterocycles. The molecule has 2 nitrogen and oxygen atoms in total. The summed E-state index contributed by atoms with van der Waals surface area (Å²) in [5, 5.41) is 8.71. The molecule has 2 heteroatoms. The van der Waals surface area contributed by atoms with Crippen molar-refractivity contribution in [2.45, 2.75) is 39.5 Å². The van der Waals surface area contributed by atoms with E-state index < -0.39 is 11.9 Å². The quantitative estimate of drug-likeness (QED) is 0.644. The van der Waals surface area contributed by atoms with Crippen LogP contribution in [0.15, 0.2) is 0 Å². The number of rotatable bonds is 5. The van der Waals surface area contributed by atoms with E-state index in [1.54, 1.807) is 0 Å². The largest absolute Gasteiger partial charge is 0.481 e. The van der Waals surface area contributed by atoms with Crippen LogP contribution in [0.3, 0.4) is 0 Å². The van der Waals surface area contributed by atoms with E-state index >= 15 is 0 Å². The highest BCUT2D eigenvalue weighted by atomic mass is 16.4. The monoisotopic (exact) mass is 145 g/mol. The molecule has 0 aliphatic heterocycles. The zero-order chi connectivity index (χ0) is 8.91. The van der Waals surface area contributed by atoms with E-state index in [4.69, 9.17) is 6.48 Å². The van der Waals surface area contributed by atoms with E-state index in [9.17, 15) is 4.79 Å². The van der Waals surface area contributed by atoms with E-state index in [0.717, 1.165) is 12.8 Å². The molecular weight excluding hydrogens is 128 g/mol. The normalized spacial score (nSPS) is 12.8. The van der Waals surface area contributed by atoms with E-state index in [1.165, 1.54) is 0 Å². The number of hydrogen-bond acceptors (Lipinski definition) is 1. The van der Waals surface area contributed by atoms with Gasteiger partial charge in [0.25, 0.3) is 0 Å². The molecule has 0 unspecified atom stereocenters. The van der Waals surface area contributed by atoms with Gasteiger partial charge < -0.3 is 5.11 Å². The fourth-order valence-corrected chi connectivity index (χ4v) is 0.942. The van der Waals surface area contributed by atoms with Crippen molar-refractivity contribution in [1.29, 1.82) is 0 Å². The molecule has 0 fully saturated rings. The lowest BCUT2D eigenvalue weighted by molar-refractivity contribution is -0.142. The van der Waals surface area contributed by atoms with Gasteiger partial charge in [-0.3, -0.25) is 4.79 Å². The van der Waals surface area contributed by atoms with Gasteiger partial charge in [0.05, 0.1) is 5.89 Å². The lowest BCUT2D eigenvalue weighted by atomic mass is 9.99. The van der Waals surface area contributed by atoms with Gasteiger partial charge in [-0.1, -0.05) is 26.7 Å². The number of carboxylic acids is 1. The lowest BCUT2D eigenvalue weighted by Crippen LogP contribution is -2.12. The minimum absolute atomic E-state index is 0.455. The van der Waals surface area contributed by atoms with Gasteiger partial charge in [-0.05, 0) is 12.8 Å². The molecular formula is C8H16O2. The minimum Gasteiger partial charge on any atom is -0.481 e. The SMILES string of the molecule is [2H]C(CCC)(CCC)C(=O)O. The Morgan fingerprint density at radius 2 is 1.90 bits per heavy atom. The van der Waals surface area contributed by atoms with Gasteiger partial charge in [-0.2, -0.15) is 0 Å². The highest BCUT2D eigenvalue weighted by Gasteiger charge is 2.13. The lowest BCUT2D eigenvalue weighted by Gasteiger charge is -2.07. The smallest absolute Gasteiger partial charge is 0.306 e. The molecule has 0 atom stereocenters. The van der Waals surface area contributed by atoms with Crippen molar-refractivity contribution >= 4 is 5.97 Å². The van der Waals surface area contributed by atoms with Crippen molar-refractivity contribution in [3.8, 4) is 0 Å². The summed E-state index contributed by atoms with van der Waals surface area (Å²) in [5.74, 6) is -2.22. The second kappa shape index (κ2) is 5.27. The molecule has 0 rings (SSSR count). The fraction of sp³-hybridized carbons (Fsp3) is 0.875. The van der Waals surface area contributed by atoms with Crippen LogP contribution in [0.2, 0.25) is 0 Å². The third kappa shape index (κ3) is 3.49. The van der Waals surface area contributed by atoms with Crippen molar-refractivity contribution < 1.29 is 11.3 Å². The Morgan fingerprint density at radius 3 is 2.10 bits per heavy atom. The topological polar surface area (TPSA) is 37.3 Å². The Morgan fingerprint density at radius 1 is 1.50 bits per heavy atom. The van der Waals surface area contributed by atoms with Crippen molar-refractivity contribution in [2.24, 2.45) is 5.89 Å². The standard InChI is InChI=1S/C8H16O2/c1-3-5-7(6-4-2)8(9)10/h7H,3-6H2,1-2H3,(H,9,10)/i7D. The predicted molar refractivity (Wildman–Crippen MR) is 40.9 cm³/mol. The van der Waals surface area contributed by atoms with Gasteiger partial charge in [-0.25, -0.2) is 0 Å². The molecule has 0 aliphatic rings. The highest BCUT2D eigenvalue weighted by Crippen LogP contribution is 2.12. The zero-order valence-electron chi connectivity index (χ0n) is 7.68. The van der Waals surface area contributed by atoms with Crippen LogP contribution in [-0.4, -0.2) is 11.1 Å². The van der Waals surface area contributed by atoms with Crippen LogP contribution in [0.4, 0.5) is 0 Å². The molecule has 0 aromatic rings. The number of carboxylic acid groups (broad SMARTS) is 1. The Kier molecular flexibility index (Phi) is 3.99. The summed E-state index contributed by atoms with van der Waals surface area (Å²) in [5.41, 5.74) is 0. The minimum atomic E-state index is -1.23. The first-order valence-electron chi connectivity index (χ1n) is 4.30. The molecule has 0 radical (unpaired) electrons. The van der Waals surface area contributed by atoms with E-state index in [2.05, 4.69) is 0 Å². The van der Waals surface area contributed by atoms with Gasteiger partial charge in [0.15, 0.2) is 0 Å². The van der Waals surface area contributed by atoms with Crippen LogP contribution in [0.1, 0.15) is 40.9 Å². The van der Waals surface area contributed by atoms with Crippen LogP contribution >= 0.6 is 0 Å². The molecule has 0 saturated heterocycles. The molecule has 0 amide bonds. The van der Waals surface area contributed by atoms with E-state index in [-0.39, 0.29) is 0 Å². The van der Waals surface area contributed by atoms with Crippen LogP contribution in [0.5, 0.6) is 0 Å². The van der Waals surface area contributed by atoms with Gasteiger partial charge >= 0.3 is 5.97 Å². The second-order valence-corrected chi connectivity index (χ2v) is 2.41. The fourth-order valence-electron chi connectivity index (χ4n) is 0.942. The van der Waals surface area contributed by atoms with E-state index in [0.29, 0.717) is 12.8 Å². The average molecular weight is 145 g/mol. The van der Waals surface area contributed by atoms with Crippen LogP contribution < -0.4 is 0 Å². The maximum absolute atomic E-state index is 10.6. The van der Waals surface area contributed by atoms with Crippen molar-refractivity contribution in [3.63, 3.8) is 0 Å². The molecule has 10 heavy (non-hydrogen) atoms. The number of aliphatic carboxylic acids is 1. The second-order valence-electron chi connectivity index (χ2n) is 2.41. The summed E-state index contributed by atoms with van der Waals surface area (Å²) in [7, 11) is 0. The highest BCUT2D eigenvalue weighted by molar-refractivity contribution is 5.69. The van der Waals surface area contributed by atoms with Gasteiger partial charge in [0.2, 0.25) is 0 Å². The molecule has 1 N–H and O–H groups in total. The van der Waals surface area contributed by atoms with Gasteiger partial charge in [-0.15, -0.1) is 0 Å². The molecule has 0 aromatic carbocycles. The summed E-state index contributed by atoms with van der Waals surface area (Å²) in [6.45, 7) is 3.81. The van der Waals surface area contributed by atoms with Crippen molar-refractivity contribution in [2.75, 3.05) is 0 Å². The molecule has 0 heterocycles.